The zero-order chi connectivity index (χ0) is 13.8. The van der Waals surface area contributed by atoms with Gasteiger partial charge in [0.2, 0.25) is 5.91 Å². The number of amides is 1. The third kappa shape index (κ3) is 4.55. The van der Waals surface area contributed by atoms with E-state index in [1.165, 1.54) is 0 Å². The van der Waals surface area contributed by atoms with Gasteiger partial charge in [-0.05, 0) is 46.3 Å². The minimum absolute atomic E-state index is 0.0326. The zero-order valence-electron chi connectivity index (χ0n) is 11.8. The van der Waals surface area contributed by atoms with E-state index in [0.29, 0.717) is 19.0 Å². The maximum absolute atomic E-state index is 12.1. The lowest BCUT2D eigenvalue weighted by atomic mass is 9.95. The van der Waals surface area contributed by atoms with Crippen molar-refractivity contribution in [1.29, 1.82) is 0 Å². The molecule has 1 fully saturated rings. The first-order valence-corrected chi connectivity index (χ1v) is 6.70. The Bertz CT molecular complexity index is 279. The van der Waals surface area contributed by atoms with Gasteiger partial charge in [0.15, 0.2) is 0 Å². The van der Waals surface area contributed by atoms with E-state index < -0.39 is 5.60 Å². The molecule has 0 aromatic rings. The van der Waals surface area contributed by atoms with Gasteiger partial charge in [-0.1, -0.05) is 6.42 Å². The summed E-state index contributed by atoms with van der Waals surface area (Å²) in [5.74, 6) is 0.385. The summed E-state index contributed by atoms with van der Waals surface area (Å²) in [7, 11) is 3.80. The Balaban J connectivity index is 2.41. The van der Waals surface area contributed by atoms with E-state index in [9.17, 15) is 9.90 Å². The molecule has 5 heteroatoms. The third-order valence-electron chi connectivity index (χ3n) is 3.60. The second-order valence-corrected chi connectivity index (χ2v) is 5.99. The molecule has 0 aliphatic heterocycles. The van der Waals surface area contributed by atoms with Gasteiger partial charge in [-0.3, -0.25) is 4.79 Å². The third-order valence-corrected chi connectivity index (χ3v) is 3.60. The van der Waals surface area contributed by atoms with Crippen molar-refractivity contribution in [3.8, 4) is 0 Å². The highest BCUT2D eigenvalue weighted by Gasteiger charge is 2.33. The molecule has 0 saturated heterocycles. The maximum atomic E-state index is 12.1. The van der Waals surface area contributed by atoms with Gasteiger partial charge >= 0.3 is 0 Å². The molecular formula is C13H27N3O2. The number of hydrogen-bond acceptors (Lipinski definition) is 4. The van der Waals surface area contributed by atoms with Crippen molar-refractivity contribution in [1.82, 2.24) is 10.2 Å². The molecular weight excluding hydrogens is 230 g/mol. The van der Waals surface area contributed by atoms with Crippen molar-refractivity contribution in [2.75, 3.05) is 33.7 Å². The molecule has 3 unspecified atom stereocenters. The molecule has 5 nitrogen and oxygen atoms in total. The first-order valence-electron chi connectivity index (χ1n) is 6.70. The molecule has 3 atom stereocenters. The molecule has 1 saturated carbocycles. The number of nitrogens with two attached hydrogens (primary N) is 1. The molecule has 1 rings (SSSR count). The van der Waals surface area contributed by atoms with E-state index in [2.05, 4.69) is 5.32 Å². The van der Waals surface area contributed by atoms with Crippen LogP contribution in [0.15, 0.2) is 0 Å². The first-order chi connectivity index (χ1) is 8.35. The number of nitrogens with zero attached hydrogens (tertiary/aromatic N) is 1. The monoisotopic (exact) mass is 257 g/mol. The van der Waals surface area contributed by atoms with E-state index in [1.807, 2.05) is 19.0 Å². The van der Waals surface area contributed by atoms with Crippen LogP contribution in [0, 0.1) is 11.8 Å². The molecule has 0 radical (unpaired) electrons. The molecule has 1 aliphatic rings. The summed E-state index contributed by atoms with van der Waals surface area (Å²) < 4.78 is 0. The number of carbonyl (C=O) groups excluding carboxylic acids is 1. The van der Waals surface area contributed by atoms with Gasteiger partial charge in [0, 0.05) is 19.0 Å². The van der Waals surface area contributed by atoms with Crippen molar-refractivity contribution in [2.24, 2.45) is 17.6 Å². The predicted molar refractivity (Wildman–Crippen MR) is 72.1 cm³/mol. The minimum atomic E-state index is -0.893. The summed E-state index contributed by atoms with van der Waals surface area (Å²) in [4.78, 5) is 14.0. The van der Waals surface area contributed by atoms with Crippen LogP contribution in [-0.2, 0) is 4.79 Å². The Kier molecular flexibility index (Phi) is 5.56. The second-order valence-electron chi connectivity index (χ2n) is 5.99. The summed E-state index contributed by atoms with van der Waals surface area (Å²) in [5.41, 5.74) is 4.78. The maximum Gasteiger partial charge on any atom is 0.223 e. The van der Waals surface area contributed by atoms with Crippen molar-refractivity contribution in [3.05, 3.63) is 0 Å². The number of carbonyl (C=O) groups is 1. The molecule has 0 bridgehead atoms. The molecule has 1 amide bonds. The van der Waals surface area contributed by atoms with Gasteiger partial charge in [-0.25, -0.2) is 0 Å². The second kappa shape index (κ2) is 6.50. The SMILES string of the molecule is CN(C)CC(C)(O)CNC(=O)C1CCCC1CN. The van der Waals surface area contributed by atoms with Crippen LogP contribution in [0.4, 0.5) is 0 Å². The number of aliphatic hydroxyl groups is 1. The Morgan fingerprint density at radius 3 is 2.72 bits per heavy atom. The Morgan fingerprint density at radius 2 is 2.17 bits per heavy atom. The molecule has 106 valence electrons. The van der Waals surface area contributed by atoms with E-state index >= 15 is 0 Å². The fourth-order valence-electron chi connectivity index (χ4n) is 2.81. The standard InChI is InChI=1S/C13H27N3O2/c1-13(18,9-16(2)3)8-15-12(17)11-6-4-5-10(11)7-14/h10-11,18H,4-9,14H2,1-3H3,(H,15,17). The molecule has 0 aromatic carbocycles. The van der Waals surface area contributed by atoms with Gasteiger partial charge in [0.1, 0.15) is 0 Å². The minimum Gasteiger partial charge on any atom is -0.387 e. The smallest absolute Gasteiger partial charge is 0.223 e. The van der Waals surface area contributed by atoms with Crippen molar-refractivity contribution in [2.45, 2.75) is 31.8 Å². The fraction of sp³-hybridized carbons (Fsp3) is 0.923. The highest BCUT2D eigenvalue weighted by atomic mass is 16.3. The normalized spacial score (nSPS) is 27.2. The van der Waals surface area contributed by atoms with Crippen LogP contribution in [0.1, 0.15) is 26.2 Å². The average molecular weight is 257 g/mol. The van der Waals surface area contributed by atoms with Crippen LogP contribution in [0.5, 0.6) is 0 Å². The molecule has 0 aromatic heterocycles. The van der Waals surface area contributed by atoms with E-state index in [-0.39, 0.29) is 18.4 Å². The lowest BCUT2D eigenvalue weighted by Crippen LogP contribution is -2.48. The van der Waals surface area contributed by atoms with Gasteiger partial charge in [0.25, 0.3) is 0 Å². The fourth-order valence-corrected chi connectivity index (χ4v) is 2.81. The number of hydrogen-bond donors (Lipinski definition) is 3. The van der Waals surface area contributed by atoms with E-state index in [1.54, 1.807) is 6.92 Å². The molecule has 0 spiro atoms. The van der Waals surface area contributed by atoms with Crippen LogP contribution in [0.3, 0.4) is 0 Å². The number of rotatable bonds is 6. The van der Waals surface area contributed by atoms with Crippen LogP contribution in [-0.4, -0.2) is 55.2 Å². The summed E-state index contributed by atoms with van der Waals surface area (Å²) in [5, 5.41) is 13.0. The highest BCUT2D eigenvalue weighted by molar-refractivity contribution is 5.79. The van der Waals surface area contributed by atoms with Crippen LogP contribution in [0.25, 0.3) is 0 Å². The van der Waals surface area contributed by atoms with E-state index in [0.717, 1.165) is 19.3 Å². The van der Waals surface area contributed by atoms with Gasteiger partial charge in [-0.2, -0.15) is 0 Å². The summed E-state index contributed by atoms with van der Waals surface area (Å²) >= 11 is 0. The zero-order valence-corrected chi connectivity index (χ0v) is 11.8. The van der Waals surface area contributed by atoms with Crippen molar-refractivity contribution >= 4 is 5.91 Å². The van der Waals surface area contributed by atoms with Crippen molar-refractivity contribution in [3.63, 3.8) is 0 Å². The Morgan fingerprint density at radius 1 is 1.50 bits per heavy atom. The largest absolute Gasteiger partial charge is 0.387 e. The van der Waals surface area contributed by atoms with Gasteiger partial charge < -0.3 is 21.1 Å². The molecule has 18 heavy (non-hydrogen) atoms. The van der Waals surface area contributed by atoms with Gasteiger partial charge in [0.05, 0.1) is 5.60 Å². The molecule has 1 aliphatic carbocycles. The van der Waals surface area contributed by atoms with E-state index in [4.69, 9.17) is 5.73 Å². The summed E-state index contributed by atoms with van der Waals surface area (Å²) in [6.07, 6.45) is 3.04. The first kappa shape index (κ1) is 15.4. The quantitative estimate of drug-likeness (QED) is 0.615. The van der Waals surface area contributed by atoms with Crippen LogP contribution < -0.4 is 11.1 Å². The topological polar surface area (TPSA) is 78.6 Å². The Hall–Kier alpha value is -0.650. The van der Waals surface area contributed by atoms with Crippen molar-refractivity contribution < 1.29 is 9.90 Å². The van der Waals surface area contributed by atoms with Gasteiger partial charge in [-0.15, -0.1) is 0 Å². The number of nitrogens with one attached hydrogen (secondary N) is 1. The number of likely N-dealkylation sites (N-methyl/N-ethyl adjacent to an activating group) is 1. The molecule has 0 heterocycles. The highest BCUT2D eigenvalue weighted by Crippen LogP contribution is 2.30. The van der Waals surface area contributed by atoms with Crippen LogP contribution in [0.2, 0.25) is 0 Å². The summed E-state index contributed by atoms with van der Waals surface area (Å²) in [6.45, 7) is 3.13. The van der Waals surface area contributed by atoms with Crippen LogP contribution >= 0.6 is 0 Å². The lowest BCUT2D eigenvalue weighted by molar-refractivity contribution is -0.127. The predicted octanol–water partition coefficient (Wildman–Crippen LogP) is -0.210. The molecule has 4 N–H and O–H groups in total. The Labute approximate surface area is 110 Å². The lowest BCUT2D eigenvalue weighted by Gasteiger charge is -2.28. The average Bonchev–Trinajstić information content (AvgIpc) is 2.72. The summed E-state index contributed by atoms with van der Waals surface area (Å²) in [6, 6.07) is 0.